The van der Waals surface area contributed by atoms with Gasteiger partial charge in [0.25, 0.3) is 0 Å². The fraction of sp³-hybridized carbons (Fsp3) is 0.500. The molecule has 1 rings (SSSR count). The second-order valence-corrected chi connectivity index (χ2v) is 2.45. The molecule has 3 N–H and O–H groups in total. The first-order valence-corrected chi connectivity index (χ1v) is 3.23. The molecule has 0 aliphatic carbocycles. The normalized spacial score (nSPS) is 22.8. The maximum atomic E-state index is 10.9. The third kappa shape index (κ3) is 1.54. The van der Waals surface area contributed by atoms with Crippen LogP contribution in [-0.4, -0.2) is 17.5 Å². The molecule has 1 atom stereocenters. The third-order valence-corrected chi connectivity index (χ3v) is 1.57. The number of nitrogens with two attached hydrogens (primary N) is 1. The SMILES string of the molecule is CC1=NNC(=O)C1CC(N)=O. The first-order chi connectivity index (χ1) is 5.11. The molecule has 1 unspecified atom stereocenters. The summed E-state index contributed by atoms with van der Waals surface area (Å²) >= 11 is 0. The second kappa shape index (κ2) is 2.69. The molecule has 5 heteroatoms. The molecule has 11 heavy (non-hydrogen) atoms. The predicted molar refractivity (Wildman–Crippen MR) is 38.6 cm³/mol. The van der Waals surface area contributed by atoms with Gasteiger partial charge in [-0.05, 0) is 6.92 Å². The standard InChI is InChI=1S/C6H9N3O2/c1-3-4(2-5(7)10)6(11)9-8-3/h4H,2H2,1H3,(H2,7,10)(H,9,11). The van der Waals surface area contributed by atoms with Gasteiger partial charge < -0.3 is 5.73 Å². The van der Waals surface area contributed by atoms with E-state index in [9.17, 15) is 9.59 Å². The van der Waals surface area contributed by atoms with Gasteiger partial charge in [-0.15, -0.1) is 0 Å². The molecular formula is C6H9N3O2. The van der Waals surface area contributed by atoms with Crippen LogP contribution in [-0.2, 0) is 9.59 Å². The quantitative estimate of drug-likeness (QED) is 0.535. The van der Waals surface area contributed by atoms with Crippen LogP contribution in [0.15, 0.2) is 5.10 Å². The van der Waals surface area contributed by atoms with E-state index in [1.165, 1.54) is 0 Å². The van der Waals surface area contributed by atoms with Gasteiger partial charge in [-0.2, -0.15) is 5.10 Å². The molecule has 0 aromatic rings. The fourth-order valence-electron chi connectivity index (χ4n) is 0.930. The summed E-state index contributed by atoms with van der Waals surface area (Å²) in [6.07, 6.45) is 0.0428. The lowest BCUT2D eigenvalue weighted by Gasteiger charge is -2.02. The smallest absolute Gasteiger partial charge is 0.249 e. The first-order valence-electron chi connectivity index (χ1n) is 3.23. The van der Waals surface area contributed by atoms with Gasteiger partial charge in [0, 0.05) is 12.1 Å². The van der Waals surface area contributed by atoms with E-state index in [1.54, 1.807) is 6.92 Å². The highest BCUT2D eigenvalue weighted by atomic mass is 16.2. The highest BCUT2D eigenvalue weighted by Crippen LogP contribution is 2.10. The number of nitrogens with one attached hydrogen (secondary N) is 1. The molecule has 0 saturated heterocycles. The zero-order valence-electron chi connectivity index (χ0n) is 6.13. The Morgan fingerprint density at radius 2 is 2.45 bits per heavy atom. The Labute approximate surface area is 63.6 Å². The molecule has 0 aromatic heterocycles. The van der Waals surface area contributed by atoms with Crippen molar-refractivity contribution in [2.24, 2.45) is 16.8 Å². The van der Waals surface area contributed by atoms with Gasteiger partial charge in [0.2, 0.25) is 11.8 Å². The van der Waals surface area contributed by atoms with Crippen molar-refractivity contribution in [3.8, 4) is 0 Å². The number of amides is 2. The molecule has 0 bridgehead atoms. The Balaban J connectivity index is 2.63. The van der Waals surface area contributed by atoms with Crippen LogP contribution in [0, 0.1) is 5.92 Å². The average molecular weight is 155 g/mol. The maximum Gasteiger partial charge on any atom is 0.249 e. The average Bonchev–Trinajstić information content (AvgIpc) is 2.18. The molecule has 60 valence electrons. The van der Waals surface area contributed by atoms with E-state index in [1.807, 2.05) is 0 Å². The number of carbonyl (C=O) groups excluding carboxylic acids is 2. The van der Waals surface area contributed by atoms with Crippen molar-refractivity contribution in [3.63, 3.8) is 0 Å². The minimum Gasteiger partial charge on any atom is -0.370 e. The zero-order valence-corrected chi connectivity index (χ0v) is 6.13. The van der Waals surface area contributed by atoms with Crippen molar-refractivity contribution in [1.29, 1.82) is 0 Å². The highest BCUT2D eigenvalue weighted by Gasteiger charge is 2.27. The van der Waals surface area contributed by atoms with Gasteiger partial charge in [0.05, 0.1) is 5.92 Å². The lowest BCUT2D eigenvalue weighted by atomic mass is 10.0. The number of hydrogen-bond acceptors (Lipinski definition) is 3. The molecular weight excluding hydrogens is 146 g/mol. The monoisotopic (exact) mass is 155 g/mol. The van der Waals surface area contributed by atoms with E-state index in [0.29, 0.717) is 5.71 Å². The number of carbonyl (C=O) groups is 2. The Kier molecular flexibility index (Phi) is 1.89. The van der Waals surface area contributed by atoms with E-state index in [2.05, 4.69) is 10.5 Å². The van der Waals surface area contributed by atoms with Gasteiger partial charge in [0.1, 0.15) is 0 Å². The van der Waals surface area contributed by atoms with Crippen molar-refractivity contribution in [1.82, 2.24) is 5.43 Å². The first kappa shape index (κ1) is 7.71. The summed E-state index contributed by atoms with van der Waals surface area (Å²) in [5.74, 6) is -1.18. The van der Waals surface area contributed by atoms with Gasteiger partial charge in [0.15, 0.2) is 0 Å². The van der Waals surface area contributed by atoms with Crippen molar-refractivity contribution < 1.29 is 9.59 Å². The number of rotatable bonds is 2. The second-order valence-electron chi connectivity index (χ2n) is 2.45. The van der Waals surface area contributed by atoms with Gasteiger partial charge in [-0.25, -0.2) is 5.43 Å². The largest absolute Gasteiger partial charge is 0.370 e. The van der Waals surface area contributed by atoms with Gasteiger partial charge >= 0.3 is 0 Å². The molecule has 0 aromatic carbocycles. The number of hydrazone groups is 1. The molecule has 5 nitrogen and oxygen atoms in total. The Bertz CT molecular complexity index is 234. The Morgan fingerprint density at radius 3 is 2.82 bits per heavy atom. The van der Waals surface area contributed by atoms with Gasteiger partial charge in [-0.1, -0.05) is 0 Å². The molecule has 0 spiro atoms. The molecule has 0 radical (unpaired) electrons. The Hall–Kier alpha value is -1.39. The van der Waals surface area contributed by atoms with E-state index < -0.39 is 11.8 Å². The van der Waals surface area contributed by atoms with E-state index >= 15 is 0 Å². The van der Waals surface area contributed by atoms with Gasteiger partial charge in [-0.3, -0.25) is 9.59 Å². The number of hydrogen-bond donors (Lipinski definition) is 2. The molecule has 1 aliphatic rings. The van der Waals surface area contributed by atoms with Crippen LogP contribution < -0.4 is 11.2 Å². The van der Waals surface area contributed by atoms with Crippen LogP contribution in [0.4, 0.5) is 0 Å². The summed E-state index contributed by atoms with van der Waals surface area (Å²) in [6, 6.07) is 0. The van der Waals surface area contributed by atoms with Crippen molar-refractivity contribution in [3.05, 3.63) is 0 Å². The summed E-state index contributed by atoms with van der Waals surface area (Å²) < 4.78 is 0. The fourth-order valence-corrected chi connectivity index (χ4v) is 0.930. The lowest BCUT2D eigenvalue weighted by Crippen LogP contribution is -2.27. The minimum atomic E-state index is -0.485. The van der Waals surface area contributed by atoms with Crippen LogP contribution in [0.5, 0.6) is 0 Å². The van der Waals surface area contributed by atoms with Crippen LogP contribution in [0.2, 0.25) is 0 Å². The molecule has 1 heterocycles. The third-order valence-electron chi connectivity index (χ3n) is 1.57. The lowest BCUT2D eigenvalue weighted by molar-refractivity contribution is -0.126. The van der Waals surface area contributed by atoms with Crippen molar-refractivity contribution in [2.75, 3.05) is 0 Å². The topological polar surface area (TPSA) is 84.6 Å². The molecule has 1 aliphatic heterocycles. The summed E-state index contributed by atoms with van der Waals surface area (Å²) in [7, 11) is 0. The van der Waals surface area contributed by atoms with Crippen molar-refractivity contribution >= 4 is 17.5 Å². The summed E-state index contributed by atoms with van der Waals surface area (Å²) in [6.45, 7) is 1.69. The molecule has 0 fully saturated rings. The van der Waals surface area contributed by atoms with Crippen LogP contribution in [0.3, 0.4) is 0 Å². The van der Waals surface area contributed by atoms with Crippen LogP contribution in [0.1, 0.15) is 13.3 Å². The van der Waals surface area contributed by atoms with E-state index in [-0.39, 0.29) is 12.3 Å². The zero-order chi connectivity index (χ0) is 8.43. The van der Waals surface area contributed by atoms with Crippen molar-refractivity contribution in [2.45, 2.75) is 13.3 Å². The number of nitrogens with zero attached hydrogens (tertiary/aromatic N) is 1. The van der Waals surface area contributed by atoms with E-state index in [4.69, 9.17) is 5.73 Å². The Morgan fingerprint density at radius 1 is 1.82 bits per heavy atom. The summed E-state index contributed by atoms with van der Waals surface area (Å²) in [4.78, 5) is 21.3. The molecule has 0 saturated carbocycles. The van der Waals surface area contributed by atoms with Crippen LogP contribution in [0.25, 0.3) is 0 Å². The predicted octanol–water partition coefficient (Wildman–Crippen LogP) is -1.02. The van der Waals surface area contributed by atoms with E-state index in [0.717, 1.165) is 0 Å². The summed E-state index contributed by atoms with van der Waals surface area (Å²) in [5.41, 5.74) is 7.81. The minimum absolute atomic E-state index is 0.0428. The number of primary amides is 1. The summed E-state index contributed by atoms with van der Waals surface area (Å²) in [5, 5.41) is 3.66. The maximum absolute atomic E-state index is 10.9. The molecule has 2 amide bonds. The highest BCUT2D eigenvalue weighted by molar-refractivity contribution is 6.08. The van der Waals surface area contributed by atoms with Crippen LogP contribution >= 0.6 is 0 Å².